The van der Waals surface area contributed by atoms with Crippen LogP contribution in [0, 0.1) is 5.92 Å². The first-order valence-electron chi connectivity index (χ1n) is 7.88. The van der Waals surface area contributed by atoms with Gasteiger partial charge in [-0.2, -0.15) is 0 Å². The van der Waals surface area contributed by atoms with E-state index in [1.54, 1.807) is 11.8 Å². The Morgan fingerprint density at radius 3 is 2.48 bits per heavy atom. The van der Waals surface area contributed by atoms with Crippen molar-refractivity contribution >= 4 is 23.5 Å². The van der Waals surface area contributed by atoms with Crippen LogP contribution < -0.4 is 10.2 Å². The molecule has 0 spiro atoms. The van der Waals surface area contributed by atoms with Crippen molar-refractivity contribution < 1.29 is 19.5 Å². The number of nitrogens with one attached hydrogen (secondary N) is 1. The number of amides is 2. The Hall–Kier alpha value is -2.37. The highest BCUT2D eigenvalue weighted by molar-refractivity contribution is 6.00. The maximum atomic E-state index is 12.2. The highest BCUT2D eigenvalue weighted by Gasteiger charge is 2.36. The number of carbonyl (C=O) groups is 3. The van der Waals surface area contributed by atoms with Crippen LogP contribution >= 0.6 is 0 Å². The molecule has 0 bridgehead atoms. The number of benzene rings is 1. The number of hydrogen-bond acceptors (Lipinski definition) is 3. The lowest BCUT2D eigenvalue weighted by Gasteiger charge is -2.18. The highest BCUT2D eigenvalue weighted by atomic mass is 16.4. The summed E-state index contributed by atoms with van der Waals surface area (Å²) < 4.78 is 0. The van der Waals surface area contributed by atoms with Gasteiger partial charge in [-0.05, 0) is 30.5 Å². The lowest BCUT2D eigenvalue weighted by molar-refractivity contribution is -0.142. The molecule has 1 fully saturated rings. The summed E-state index contributed by atoms with van der Waals surface area (Å²) in [5, 5.41) is 11.5. The van der Waals surface area contributed by atoms with Crippen LogP contribution in [0.3, 0.4) is 0 Å². The van der Waals surface area contributed by atoms with E-state index in [-0.39, 0.29) is 24.8 Å². The molecule has 1 aliphatic rings. The summed E-state index contributed by atoms with van der Waals surface area (Å²) >= 11 is 0. The third-order valence-electron chi connectivity index (χ3n) is 4.17. The fourth-order valence-electron chi connectivity index (χ4n) is 2.67. The summed E-state index contributed by atoms with van der Waals surface area (Å²) in [6, 6.07) is 6.78. The normalized spacial score (nSPS) is 18.8. The highest BCUT2D eigenvalue weighted by Crippen LogP contribution is 2.25. The fourth-order valence-corrected chi connectivity index (χ4v) is 2.67. The number of aliphatic carboxylic acids is 1. The summed E-state index contributed by atoms with van der Waals surface area (Å²) in [6.45, 7) is 4.04. The standard InChI is InChI=1S/C17H22N2O4/c1-3-11-5-7-13(8-6-11)19-10-12(9-15(19)20)16(21)18-14(4-2)17(22)23/h5-8,12,14H,3-4,9-10H2,1-2H3,(H,18,21)(H,22,23). The Morgan fingerprint density at radius 1 is 1.30 bits per heavy atom. The molecule has 0 saturated carbocycles. The van der Waals surface area contributed by atoms with Gasteiger partial charge in [0, 0.05) is 18.7 Å². The van der Waals surface area contributed by atoms with Gasteiger partial charge in [0.2, 0.25) is 11.8 Å². The topological polar surface area (TPSA) is 86.7 Å². The molecule has 2 N–H and O–H groups in total. The molecule has 1 saturated heterocycles. The van der Waals surface area contributed by atoms with Gasteiger partial charge in [0.25, 0.3) is 0 Å². The van der Waals surface area contributed by atoms with Gasteiger partial charge in [0.1, 0.15) is 6.04 Å². The molecule has 1 aromatic rings. The molecule has 2 unspecified atom stereocenters. The van der Waals surface area contributed by atoms with E-state index in [1.807, 2.05) is 24.3 Å². The summed E-state index contributed by atoms with van der Waals surface area (Å²) in [5.74, 6) is -2.06. The van der Waals surface area contributed by atoms with Crippen molar-refractivity contribution in [3.8, 4) is 0 Å². The Balaban J connectivity index is 2.03. The SMILES string of the molecule is CCc1ccc(N2CC(C(=O)NC(CC)C(=O)O)CC2=O)cc1. The Kier molecular flexibility index (Phi) is 5.36. The van der Waals surface area contributed by atoms with Crippen molar-refractivity contribution in [3.05, 3.63) is 29.8 Å². The largest absolute Gasteiger partial charge is 0.480 e. The van der Waals surface area contributed by atoms with E-state index in [2.05, 4.69) is 12.2 Å². The molecular formula is C17H22N2O4. The molecule has 0 aromatic heterocycles. The molecule has 6 heteroatoms. The fraction of sp³-hybridized carbons (Fsp3) is 0.471. The van der Waals surface area contributed by atoms with Crippen molar-refractivity contribution in [2.75, 3.05) is 11.4 Å². The van der Waals surface area contributed by atoms with Crippen molar-refractivity contribution in [1.29, 1.82) is 0 Å². The quantitative estimate of drug-likeness (QED) is 0.834. The second kappa shape index (κ2) is 7.26. The summed E-state index contributed by atoms with van der Waals surface area (Å²) in [5.41, 5.74) is 1.95. The molecule has 2 rings (SSSR count). The van der Waals surface area contributed by atoms with Gasteiger partial charge >= 0.3 is 5.97 Å². The molecule has 0 radical (unpaired) electrons. The molecule has 1 aliphatic heterocycles. The van der Waals surface area contributed by atoms with Crippen molar-refractivity contribution in [1.82, 2.24) is 5.32 Å². The van der Waals surface area contributed by atoms with Gasteiger partial charge in [0.05, 0.1) is 5.92 Å². The lowest BCUT2D eigenvalue weighted by atomic mass is 10.1. The van der Waals surface area contributed by atoms with Crippen LogP contribution in [0.25, 0.3) is 0 Å². The average Bonchev–Trinajstić information content (AvgIpc) is 2.94. The zero-order chi connectivity index (χ0) is 17.0. The Bertz CT molecular complexity index is 597. The van der Waals surface area contributed by atoms with Crippen LogP contribution in [0.5, 0.6) is 0 Å². The Labute approximate surface area is 135 Å². The molecule has 1 aromatic carbocycles. The number of rotatable bonds is 6. The van der Waals surface area contributed by atoms with E-state index in [4.69, 9.17) is 5.11 Å². The minimum Gasteiger partial charge on any atom is -0.480 e. The molecule has 2 atom stereocenters. The number of carboxylic acids is 1. The van der Waals surface area contributed by atoms with Crippen LogP contribution in [0.4, 0.5) is 5.69 Å². The van der Waals surface area contributed by atoms with Gasteiger partial charge in [-0.25, -0.2) is 4.79 Å². The first-order chi connectivity index (χ1) is 11.0. The van der Waals surface area contributed by atoms with Crippen molar-refractivity contribution in [3.63, 3.8) is 0 Å². The summed E-state index contributed by atoms with van der Waals surface area (Å²) in [4.78, 5) is 36.9. The third-order valence-corrected chi connectivity index (χ3v) is 4.17. The second-order valence-electron chi connectivity index (χ2n) is 5.73. The first kappa shape index (κ1) is 17.0. The predicted molar refractivity (Wildman–Crippen MR) is 86.1 cm³/mol. The third kappa shape index (κ3) is 3.88. The lowest BCUT2D eigenvalue weighted by Crippen LogP contribution is -2.43. The predicted octanol–water partition coefficient (Wildman–Crippen LogP) is 1.58. The van der Waals surface area contributed by atoms with Crippen LogP contribution in [0.15, 0.2) is 24.3 Å². The summed E-state index contributed by atoms with van der Waals surface area (Å²) in [7, 11) is 0. The van der Waals surface area contributed by atoms with E-state index in [0.29, 0.717) is 6.42 Å². The van der Waals surface area contributed by atoms with Crippen LogP contribution in [-0.2, 0) is 20.8 Å². The van der Waals surface area contributed by atoms with Gasteiger partial charge < -0.3 is 15.3 Å². The number of anilines is 1. The van der Waals surface area contributed by atoms with E-state index < -0.39 is 17.9 Å². The Morgan fingerprint density at radius 2 is 1.96 bits per heavy atom. The molecule has 6 nitrogen and oxygen atoms in total. The molecular weight excluding hydrogens is 296 g/mol. The maximum Gasteiger partial charge on any atom is 0.326 e. The van der Waals surface area contributed by atoms with Crippen LogP contribution in [0.1, 0.15) is 32.3 Å². The maximum absolute atomic E-state index is 12.2. The minimum absolute atomic E-state index is 0.109. The zero-order valence-corrected chi connectivity index (χ0v) is 13.4. The van der Waals surface area contributed by atoms with E-state index in [0.717, 1.165) is 12.1 Å². The minimum atomic E-state index is -1.06. The number of carboxylic acid groups (broad SMARTS) is 1. The summed E-state index contributed by atoms with van der Waals surface area (Å²) in [6.07, 6.45) is 1.34. The van der Waals surface area contributed by atoms with Crippen LogP contribution in [0.2, 0.25) is 0 Å². The van der Waals surface area contributed by atoms with Gasteiger partial charge in [-0.15, -0.1) is 0 Å². The number of carbonyl (C=O) groups excluding carboxylic acids is 2. The van der Waals surface area contributed by atoms with Crippen molar-refractivity contribution in [2.45, 2.75) is 39.2 Å². The second-order valence-corrected chi connectivity index (χ2v) is 5.73. The molecule has 0 aliphatic carbocycles. The number of aryl methyl sites for hydroxylation is 1. The molecule has 1 heterocycles. The number of nitrogens with zero attached hydrogens (tertiary/aromatic N) is 1. The van der Waals surface area contributed by atoms with Gasteiger partial charge in [0.15, 0.2) is 0 Å². The van der Waals surface area contributed by atoms with Crippen molar-refractivity contribution in [2.24, 2.45) is 5.92 Å². The molecule has 2 amide bonds. The molecule has 124 valence electrons. The molecule has 23 heavy (non-hydrogen) atoms. The first-order valence-corrected chi connectivity index (χ1v) is 7.88. The van der Waals surface area contributed by atoms with Gasteiger partial charge in [-0.3, -0.25) is 9.59 Å². The van der Waals surface area contributed by atoms with E-state index >= 15 is 0 Å². The smallest absolute Gasteiger partial charge is 0.326 e. The monoisotopic (exact) mass is 318 g/mol. The zero-order valence-electron chi connectivity index (χ0n) is 13.4. The van der Waals surface area contributed by atoms with E-state index in [9.17, 15) is 14.4 Å². The van der Waals surface area contributed by atoms with Crippen LogP contribution in [-0.4, -0.2) is 35.5 Å². The van der Waals surface area contributed by atoms with E-state index in [1.165, 1.54) is 5.56 Å². The number of hydrogen-bond donors (Lipinski definition) is 2. The average molecular weight is 318 g/mol. The van der Waals surface area contributed by atoms with Gasteiger partial charge in [-0.1, -0.05) is 26.0 Å².